The highest BCUT2D eigenvalue weighted by atomic mass is 16.4. The molecular weight excluding hydrogens is 156 g/mol. The second-order valence-electron chi connectivity index (χ2n) is 2.43. The third-order valence-electron chi connectivity index (χ3n) is 1.57. The van der Waals surface area contributed by atoms with E-state index in [9.17, 15) is 4.79 Å². The zero-order chi connectivity index (χ0) is 8.69. The minimum Gasteiger partial charge on any atom is -0.480 e. The molecule has 0 amide bonds. The SMILES string of the molecule is C.CNCCCC(NC)C(=O)O. The van der Waals surface area contributed by atoms with E-state index in [0.29, 0.717) is 6.42 Å². The van der Waals surface area contributed by atoms with Crippen LogP contribution in [0.25, 0.3) is 0 Å². The normalized spacial score (nSPS) is 11.8. The lowest BCUT2D eigenvalue weighted by Gasteiger charge is -2.09. The molecule has 0 radical (unpaired) electrons. The number of hydrogen-bond acceptors (Lipinski definition) is 3. The van der Waals surface area contributed by atoms with Crippen LogP contribution >= 0.6 is 0 Å². The summed E-state index contributed by atoms with van der Waals surface area (Å²) in [7, 11) is 3.52. The fourth-order valence-electron chi connectivity index (χ4n) is 0.874. The number of nitrogens with one attached hydrogen (secondary N) is 2. The van der Waals surface area contributed by atoms with Crippen molar-refractivity contribution in [3.63, 3.8) is 0 Å². The molecule has 0 aromatic carbocycles. The largest absolute Gasteiger partial charge is 0.480 e. The zero-order valence-corrected chi connectivity index (χ0v) is 7.05. The van der Waals surface area contributed by atoms with Crippen molar-refractivity contribution < 1.29 is 9.90 Å². The lowest BCUT2D eigenvalue weighted by Crippen LogP contribution is -2.34. The summed E-state index contributed by atoms with van der Waals surface area (Å²) in [5.74, 6) is -0.774. The Hall–Kier alpha value is -0.610. The highest BCUT2D eigenvalue weighted by molar-refractivity contribution is 5.73. The molecule has 0 aromatic heterocycles. The van der Waals surface area contributed by atoms with Crippen LogP contribution in [0.1, 0.15) is 20.3 Å². The molecule has 4 heteroatoms. The molecule has 4 nitrogen and oxygen atoms in total. The van der Waals surface area contributed by atoms with Crippen molar-refractivity contribution >= 4 is 5.97 Å². The summed E-state index contributed by atoms with van der Waals surface area (Å²) in [6, 6.07) is -0.400. The van der Waals surface area contributed by atoms with E-state index in [2.05, 4.69) is 10.6 Å². The molecule has 0 bridgehead atoms. The monoisotopic (exact) mass is 176 g/mol. The molecular formula is C8H20N2O2. The van der Waals surface area contributed by atoms with Crippen LogP contribution in [-0.4, -0.2) is 37.8 Å². The molecule has 0 rings (SSSR count). The second kappa shape index (κ2) is 8.49. The quantitative estimate of drug-likeness (QED) is 0.509. The molecule has 0 aliphatic rings. The van der Waals surface area contributed by atoms with Crippen LogP contribution in [-0.2, 0) is 4.79 Å². The van der Waals surface area contributed by atoms with E-state index in [1.807, 2.05) is 7.05 Å². The number of carbonyl (C=O) groups is 1. The number of carboxylic acids is 1. The summed E-state index contributed by atoms with van der Waals surface area (Å²) >= 11 is 0. The van der Waals surface area contributed by atoms with Gasteiger partial charge in [0.1, 0.15) is 6.04 Å². The van der Waals surface area contributed by atoms with Gasteiger partial charge in [-0.3, -0.25) is 4.79 Å². The lowest BCUT2D eigenvalue weighted by atomic mass is 10.1. The molecule has 0 saturated carbocycles. The van der Waals surface area contributed by atoms with Crippen LogP contribution < -0.4 is 10.6 Å². The number of carboxylic acid groups (broad SMARTS) is 1. The standard InChI is InChI=1S/C7H16N2O2.CH4/c1-8-5-3-4-6(9-2)7(10)11;/h6,8-9H,3-5H2,1-2H3,(H,10,11);1H4. The second-order valence-corrected chi connectivity index (χ2v) is 2.43. The van der Waals surface area contributed by atoms with Crippen molar-refractivity contribution in [2.45, 2.75) is 26.3 Å². The minimum absolute atomic E-state index is 0. The highest BCUT2D eigenvalue weighted by Crippen LogP contribution is 1.95. The van der Waals surface area contributed by atoms with Gasteiger partial charge in [0.05, 0.1) is 0 Å². The van der Waals surface area contributed by atoms with Gasteiger partial charge in [-0.05, 0) is 33.5 Å². The summed E-state index contributed by atoms with van der Waals surface area (Å²) in [4.78, 5) is 10.4. The van der Waals surface area contributed by atoms with Gasteiger partial charge in [0.15, 0.2) is 0 Å². The fourth-order valence-corrected chi connectivity index (χ4v) is 0.874. The van der Waals surface area contributed by atoms with Crippen molar-refractivity contribution in [2.75, 3.05) is 20.6 Å². The Bertz CT molecular complexity index is 118. The Morgan fingerprint density at radius 2 is 2.08 bits per heavy atom. The maximum atomic E-state index is 10.4. The molecule has 0 aliphatic heterocycles. The average Bonchev–Trinajstić information content (AvgIpc) is 1.97. The summed E-state index contributed by atoms with van der Waals surface area (Å²) in [6.07, 6.45) is 1.56. The first-order valence-electron chi connectivity index (χ1n) is 3.77. The molecule has 0 saturated heterocycles. The molecule has 1 atom stereocenters. The van der Waals surface area contributed by atoms with Gasteiger partial charge in [0.25, 0.3) is 0 Å². The van der Waals surface area contributed by atoms with Crippen LogP contribution in [0.2, 0.25) is 0 Å². The summed E-state index contributed by atoms with van der Waals surface area (Å²) in [6.45, 7) is 0.867. The van der Waals surface area contributed by atoms with Crippen molar-refractivity contribution in [1.82, 2.24) is 10.6 Å². The lowest BCUT2D eigenvalue weighted by molar-refractivity contribution is -0.139. The van der Waals surface area contributed by atoms with Gasteiger partial charge in [0.2, 0.25) is 0 Å². The summed E-state index contributed by atoms with van der Waals surface area (Å²) < 4.78 is 0. The number of rotatable bonds is 6. The Morgan fingerprint density at radius 1 is 1.50 bits per heavy atom. The van der Waals surface area contributed by atoms with Crippen LogP contribution in [0.5, 0.6) is 0 Å². The molecule has 0 heterocycles. The summed E-state index contributed by atoms with van der Waals surface area (Å²) in [5.41, 5.74) is 0. The maximum absolute atomic E-state index is 10.4. The van der Waals surface area contributed by atoms with Crippen molar-refractivity contribution in [3.8, 4) is 0 Å². The van der Waals surface area contributed by atoms with E-state index in [-0.39, 0.29) is 7.43 Å². The van der Waals surface area contributed by atoms with Crippen LogP contribution in [0.15, 0.2) is 0 Å². The predicted molar refractivity (Wildman–Crippen MR) is 50.4 cm³/mol. The topological polar surface area (TPSA) is 61.4 Å². The first kappa shape index (κ1) is 13.9. The highest BCUT2D eigenvalue weighted by Gasteiger charge is 2.12. The molecule has 0 aliphatic carbocycles. The Labute approximate surface area is 74.4 Å². The van der Waals surface area contributed by atoms with Gasteiger partial charge in [-0.15, -0.1) is 0 Å². The Kier molecular flexibility index (Phi) is 9.86. The van der Waals surface area contributed by atoms with Gasteiger partial charge < -0.3 is 15.7 Å². The molecule has 0 fully saturated rings. The molecule has 0 aromatic rings. The minimum atomic E-state index is -0.774. The molecule has 74 valence electrons. The number of likely N-dealkylation sites (N-methyl/N-ethyl adjacent to an activating group) is 1. The number of aliphatic carboxylic acids is 1. The molecule has 1 unspecified atom stereocenters. The third kappa shape index (κ3) is 6.12. The Balaban J connectivity index is 0. The van der Waals surface area contributed by atoms with Gasteiger partial charge in [-0.25, -0.2) is 0 Å². The van der Waals surface area contributed by atoms with Crippen molar-refractivity contribution in [2.24, 2.45) is 0 Å². The van der Waals surface area contributed by atoms with Crippen LogP contribution in [0.4, 0.5) is 0 Å². The van der Waals surface area contributed by atoms with Crippen LogP contribution in [0, 0.1) is 0 Å². The van der Waals surface area contributed by atoms with Crippen molar-refractivity contribution in [3.05, 3.63) is 0 Å². The van der Waals surface area contributed by atoms with Gasteiger partial charge in [-0.2, -0.15) is 0 Å². The molecule has 0 spiro atoms. The smallest absolute Gasteiger partial charge is 0.320 e. The first-order chi connectivity index (χ1) is 5.22. The number of hydrogen-bond donors (Lipinski definition) is 3. The van der Waals surface area contributed by atoms with Gasteiger partial charge in [-0.1, -0.05) is 7.43 Å². The van der Waals surface area contributed by atoms with E-state index < -0.39 is 12.0 Å². The van der Waals surface area contributed by atoms with Gasteiger partial charge in [0, 0.05) is 0 Å². The van der Waals surface area contributed by atoms with Crippen molar-refractivity contribution in [1.29, 1.82) is 0 Å². The van der Waals surface area contributed by atoms with Crippen LogP contribution in [0.3, 0.4) is 0 Å². The van der Waals surface area contributed by atoms with E-state index in [4.69, 9.17) is 5.11 Å². The molecule has 3 N–H and O–H groups in total. The van der Waals surface area contributed by atoms with E-state index in [1.54, 1.807) is 7.05 Å². The predicted octanol–water partition coefficient (Wildman–Crippen LogP) is 0.295. The summed E-state index contributed by atoms with van der Waals surface area (Å²) in [5, 5.41) is 14.3. The van der Waals surface area contributed by atoms with E-state index >= 15 is 0 Å². The first-order valence-corrected chi connectivity index (χ1v) is 3.77. The Morgan fingerprint density at radius 3 is 2.42 bits per heavy atom. The zero-order valence-electron chi connectivity index (χ0n) is 7.05. The van der Waals surface area contributed by atoms with E-state index in [1.165, 1.54) is 0 Å². The average molecular weight is 176 g/mol. The fraction of sp³-hybridized carbons (Fsp3) is 0.875. The van der Waals surface area contributed by atoms with Gasteiger partial charge >= 0.3 is 5.97 Å². The third-order valence-corrected chi connectivity index (χ3v) is 1.57. The van der Waals surface area contributed by atoms with E-state index in [0.717, 1.165) is 13.0 Å². The maximum Gasteiger partial charge on any atom is 0.320 e. The molecule has 12 heavy (non-hydrogen) atoms.